The number of aliphatic carboxylic acids is 1. The Balaban J connectivity index is 6.80. The van der Waals surface area contributed by atoms with E-state index in [4.69, 9.17) is 5.11 Å². The molecule has 40 heteroatoms. The predicted octanol–water partition coefficient (Wildman–Crippen LogP) is 10.1. The normalized spacial score (nSPS) is 16.6. The van der Waals surface area contributed by atoms with Crippen LogP contribution in [0.15, 0.2) is 0 Å². The van der Waals surface area contributed by atoms with E-state index in [1.807, 2.05) is 0 Å². The molecule has 0 aliphatic heterocycles. The van der Waals surface area contributed by atoms with Crippen LogP contribution in [0.25, 0.3) is 0 Å². The van der Waals surface area contributed by atoms with Crippen LogP contribution in [-0.4, -0.2) is 107 Å². The van der Waals surface area contributed by atoms with Crippen molar-refractivity contribution in [2.75, 3.05) is 0 Å². The average Bonchev–Trinajstić information content (AvgIpc) is 2.88. The molecule has 0 radical (unpaired) electrons. The SMILES string of the molecule is O=C(O)C(F)(F)OC(F)(F)C(F)(F)C(F)(F)OC(F)(F)C(F)(F)C(F)(F)OC(F)(F)C(F)(F)C(F)(F)OC(F)(F)C(F)(F)C(F)(F)OC(F)(F)C(F)(F)C(F)(F)Cl. The molecule has 0 rings (SSSR count). The van der Waals surface area contributed by atoms with Gasteiger partial charge in [-0.2, -0.15) is 140 Å². The summed E-state index contributed by atoms with van der Waals surface area (Å²) in [5, 5.41) is 0.793. The van der Waals surface area contributed by atoms with Gasteiger partial charge in [0.2, 0.25) is 0 Å². The number of alkyl halides is 33. The average molecular weight is 961 g/mol. The van der Waals surface area contributed by atoms with E-state index in [1.165, 1.54) is 4.74 Å². The highest BCUT2D eigenvalue weighted by atomic mass is 35.5. The minimum absolute atomic E-state index is 0.762. The summed E-state index contributed by atoms with van der Waals surface area (Å²) in [6.45, 7) is 0. The summed E-state index contributed by atoms with van der Waals surface area (Å²) < 4.78 is 430. The molecule has 0 aliphatic rings. The topological polar surface area (TPSA) is 83.5 Å². The highest BCUT2D eigenvalue weighted by molar-refractivity contribution is 6.22. The zero-order valence-electron chi connectivity index (χ0n) is 23.9. The largest absolute Gasteiger partial charge is 0.475 e. The second-order valence-corrected chi connectivity index (χ2v) is 9.83. The summed E-state index contributed by atoms with van der Waals surface area (Å²) in [5.74, 6) is -47.4. The fraction of sp³-hybridized carbons (Fsp3) is 0.941. The number of carbonyl (C=O) groups is 1. The highest BCUT2D eigenvalue weighted by Gasteiger charge is 2.88. The van der Waals surface area contributed by atoms with Gasteiger partial charge in [-0.25, -0.2) is 28.5 Å². The standard InChI is InChI=1S/C17HClF32O7/c18-8(31,32)3(21,22)9(33,34)54-12(39,40)5(25,26)13(41,42)56-16(47,48)7(29,30)17(49,50)57-15(45,46)6(27,28)14(43,44)55-11(37,38)4(23,24)10(35,36)53-2(19,20)1(51)52/h(H,51,52). The van der Waals surface area contributed by atoms with Gasteiger partial charge in [0.25, 0.3) is 0 Å². The molecule has 0 heterocycles. The van der Waals surface area contributed by atoms with Crippen LogP contribution < -0.4 is 0 Å². The second-order valence-electron chi connectivity index (χ2n) is 9.35. The first-order chi connectivity index (χ1) is 24.0. The van der Waals surface area contributed by atoms with Gasteiger partial charge in [0, 0.05) is 0 Å². The lowest BCUT2D eigenvalue weighted by atomic mass is 10.2. The molecule has 57 heavy (non-hydrogen) atoms. The maximum absolute atomic E-state index is 13.6. The summed E-state index contributed by atoms with van der Waals surface area (Å²) in [5.41, 5.74) is 0. The molecule has 0 atom stereocenters. The number of halogens is 33. The summed E-state index contributed by atoms with van der Waals surface area (Å²) >= 11 is 3.31. The molecule has 0 bridgehead atoms. The highest BCUT2D eigenvalue weighted by Crippen LogP contribution is 2.60. The van der Waals surface area contributed by atoms with E-state index >= 15 is 0 Å². The third-order valence-electron chi connectivity index (χ3n) is 5.18. The van der Waals surface area contributed by atoms with Gasteiger partial charge in [-0.05, 0) is 11.6 Å². The number of hydrogen-bond acceptors (Lipinski definition) is 6. The molecule has 0 spiro atoms. The summed E-state index contributed by atoms with van der Waals surface area (Å²) in [6.07, 6.45) is -84.2. The van der Waals surface area contributed by atoms with E-state index < -0.39 is 102 Å². The van der Waals surface area contributed by atoms with Gasteiger partial charge < -0.3 is 5.11 Å². The molecule has 342 valence electrons. The molecule has 7 nitrogen and oxygen atoms in total. The molecule has 0 aromatic heterocycles. The second kappa shape index (κ2) is 14.2. The fourth-order valence-electron chi connectivity index (χ4n) is 2.27. The van der Waals surface area contributed by atoms with E-state index in [2.05, 4.69) is 11.6 Å². The quantitative estimate of drug-likeness (QED) is 0.0907. The van der Waals surface area contributed by atoms with Crippen LogP contribution in [0.2, 0.25) is 0 Å². The molecule has 0 amide bonds. The monoisotopic (exact) mass is 960 g/mol. The van der Waals surface area contributed by atoms with Crippen LogP contribution in [-0.2, 0) is 28.5 Å². The van der Waals surface area contributed by atoms with E-state index in [9.17, 15) is 145 Å². The Labute approximate surface area is 289 Å². The van der Waals surface area contributed by atoms with Crippen molar-refractivity contribution in [3.05, 3.63) is 0 Å². The van der Waals surface area contributed by atoms with E-state index in [0.29, 0.717) is 0 Å². The molecule has 0 aliphatic carbocycles. The van der Waals surface area contributed by atoms with Crippen LogP contribution >= 0.6 is 11.6 Å². The van der Waals surface area contributed by atoms with Gasteiger partial charge >= 0.3 is 102 Å². The van der Waals surface area contributed by atoms with Gasteiger partial charge in [-0.3, -0.25) is 0 Å². The summed E-state index contributed by atoms with van der Waals surface area (Å²) in [6, 6.07) is 0. The first-order valence-corrected chi connectivity index (χ1v) is 11.8. The van der Waals surface area contributed by atoms with Crippen molar-refractivity contribution in [3.8, 4) is 0 Å². The lowest BCUT2D eigenvalue weighted by Crippen LogP contribution is -2.68. The first kappa shape index (κ1) is 54.3. The number of rotatable bonds is 21. The van der Waals surface area contributed by atoms with E-state index in [-0.39, 0.29) is 0 Å². The number of ether oxygens (including phenoxy) is 5. The van der Waals surface area contributed by atoms with Crippen LogP contribution in [0.1, 0.15) is 0 Å². The van der Waals surface area contributed by atoms with E-state index in [0.717, 1.165) is 18.9 Å². The molecule has 0 fully saturated rings. The summed E-state index contributed by atoms with van der Waals surface area (Å²) in [4.78, 5) is 9.91. The number of carboxylic acids is 1. The molecule has 0 saturated heterocycles. The van der Waals surface area contributed by atoms with Crippen molar-refractivity contribution >= 4 is 17.6 Å². The van der Waals surface area contributed by atoms with Crippen LogP contribution in [0.4, 0.5) is 140 Å². The van der Waals surface area contributed by atoms with Gasteiger partial charge in [-0.15, -0.1) is 0 Å². The number of hydrogen-bond donors (Lipinski definition) is 1. The summed E-state index contributed by atoms with van der Waals surface area (Å²) in [7, 11) is 0. The molecular weight excluding hydrogens is 960 g/mol. The minimum Gasteiger partial charge on any atom is -0.475 e. The lowest BCUT2D eigenvalue weighted by Gasteiger charge is -2.40. The molecule has 0 saturated carbocycles. The maximum Gasteiger partial charge on any atom is 0.460 e. The van der Waals surface area contributed by atoms with Crippen molar-refractivity contribution in [1.29, 1.82) is 0 Å². The van der Waals surface area contributed by atoms with Crippen molar-refractivity contribution < 1.29 is 174 Å². The van der Waals surface area contributed by atoms with Crippen molar-refractivity contribution in [3.63, 3.8) is 0 Å². The smallest absolute Gasteiger partial charge is 0.460 e. The van der Waals surface area contributed by atoms with Crippen molar-refractivity contribution in [2.24, 2.45) is 0 Å². The molecule has 0 aromatic rings. The van der Waals surface area contributed by atoms with Crippen LogP contribution in [0.5, 0.6) is 0 Å². The van der Waals surface area contributed by atoms with Gasteiger partial charge in [0.1, 0.15) is 0 Å². The van der Waals surface area contributed by atoms with Crippen molar-refractivity contribution in [1.82, 2.24) is 0 Å². The minimum atomic E-state index is -9.10. The Morgan fingerprint density at radius 2 is 0.439 bits per heavy atom. The Morgan fingerprint density at radius 3 is 0.579 bits per heavy atom. The molecule has 0 aromatic carbocycles. The molecule has 1 N–H and O–H groups in total. The molecule has 0 unspecified atom stereocenters. The van der Waals surface area contributed by atoms with Crippen LogP contribution in [0, 0.1) is 0 Å². The maximum atomic E-state index is 13.6. The van der Waals surface area contributed by atoms with Gasteiger partial charge in [-0.1, -0.05) is 0 Å². The predicted molar refractivity (Wildman–Crippen MR) is 98.1 cm³/mol. The van der Waals surface area contributed by atoms with Crippen molar-refractivity contribution in [2.45, 2.75) is 96.1 Å². The van der Waals surface area contributed by atoms with E-state index in [1.54, 1.807) is 0 Å². The molecular formula is C17HClF32O7. The zero-order valence-corrected chi connectivity index (χ0v) is 24.6. The zero-order chi connectivity index (χ0) is 47.1. The fourth-order valence-corrected chi connectivity index (χ4v) is 2.38. The number of carboxylic acid groups (broad SMARTS) is 1. The third-order valence-corrected chi connectivity index (χ3v) is 5.41. The Bertz CT molecular complexity index is 1450. The Morgan fingerprint density at radius 1 is 0.298 bits per heavy atom. The van der Waals surface area contributed by atoms with Gasteiger partial charge in [0.05, 0.1) is 0 Å². The lowest BCUT2D eigenvalue weighted by molar-refractivity contribution is -0.569. The van der Waals surface area contributed by atoms with Gasteiger partial charge in [0.15, 0.2) is 0 Å². The van der Waals surface area contributed by atoms with Crippen LogP contribution in [0.3, 0.4) is 0 Å². The third kappa shape index (κ3) is 9.23. The Kier molecular flexibility index (Phi) is 13.5. The Hall–Kier alpha value is -2.68. The first-order valence-electron chi connectivity index (χ1n) is 11.5.